The summed E-state index contributed by atoms with van der Waals surface area (Å²) in [6.45, 7) is 1.89. The lowest BCUT2D eigenvalue weighted by molar-refractivity contribution is 0.442. The quantitative estimate of drug-likeness (QED) is 0.572. The molecule has 25 heavy (non-hydrogen) atoms. The van der Waals surface area contributed by atoms with Crippen molar-refractivity contribution < 1.29 is 4.74 Å². The minimum atomic E-state index is 0.256. The molecule has 4 aromatic rings. The molecule has 0 fully saturated rings. The van der Waals surface area contributed by atoms with Crippen molar-refractivity contribution in [3.63, 3.8) is 0 Å². The minimum Gasteiger partial charge on any atom is -0.419 e. The van der Waals surface area contributed by atoms with E-state index in [-0.39, 0.29) is 5.88 Å². The maximum atomic E-state index is 9.49. The lowest BCUT2D eigenvalue weighted by Crippen LogP contribution is -1.98. The second-order valence-electron chi connectivity index (χ2n) is 5.47. The van der Waals surface area contributed by atoms with E-state index < -0.39 is 0 Å². The normalized spacial score (nSPS) is 10.6. The molecule has 0 aliphatic rings. The van der Waals surface area contributed by atoms with Crippen LogP contribution in [0.3, 0.4) is 0 Å². The fraction of sp³-hybridized carbons (Fsp3) is 0.0526. The predicted octanol–water partition coefficient (Wildman–Crippen LogP) is 3.76. The highest BCUT2D eigenvalue weighted by Gasteiger charge is 2.13. The Morgan fingerprint density at radius 1 is 1.12 bits per heavy atom. The van der Waals surface area contributed by atoms with Crippen LogP contribution in [0, 0.1) is 18.3 Å². The van der Waals surface area contributed by atoms with Crippen LogP contribution in [0.1, 0.15) is 11.3 Å². The van der Waals surface area contributed by atoms with Crippen LogP contribution in [0.5, 0.6) is 11.8 Å². The fourth-order valence-corrected chi connectivity index (χ4v) is 2.62. The molecule has 0 aliphatic heterocycles. The summed E-state index contributed by atoms with van der Waals surface area (Å²) in [6, 6.07) is 13.2. The summed E-state index contributed by atoms with van der Waals surface area (Å²) in [6.07, 6.45) is 7.22. The number of aryl methyl sites for hydroxylation is 1. The van der Waals surface area contributed by atoms with E-state index in [1.807, 2.05) is 41.9 Å². The molecule has 4 aromatic heterocycles. The SMILES string of the molecule is Cc1nc(Oc2ccccn2)c(C#N)cc1-c1ccc2nccn2c1. The summed E-state index contributed by atoms with van der Waals surface area (Å²) >= 11 is 0. The molecule has 0 aliphatic carbocycles. The highest BCUT2D eigenvalue weighted by molar-refractivity contribution is 5.69. The monoisotopic (exact) mass is 327 g/mol. The third-order valence-corrected chi connectivity index (χ3v) is 3.84. The molecule has 0 bridgehead atoms. The number of imidazole rings is 1. The number of hydrogen-bond donors (Lipinski definition) is 0. The summed E-state index contributed by atoms with van der Waals surface area (Å²) in [5, 5.41) is 9.49. The van der Waals surface area contributed by atoms with Gasteiger partial charge in [-0.05, 0) is 31.2 Å². The Morgan fingerprint density at radius 2 is 2.04 bits per heavy atom. The van der Waals surface area contributed by atoms with E-state index in [2.05, 4.69) is 21.0 Å². The summed E-state index contributed by atoms with van der Waals surface area (Å²) in [7, 11) is 0. The first kappa shape index (κ1) is 14.8. The zero-order chi connectivity index (χ0) is 17.2. The smallest absolute Gasteiger partial charge is 0.239 e. The third-order valence-electron chi connectivity index (χ3n) is 3.84. The van der Waals surface area contributed by atoms with Gasteiger partial charge in [0.2, 0.25) is 11.8 Å². The molecular weight excluding hydrogens is 314 g/mol. The van der Waals surface area contributed by atoms with Crippen molar-refractivity contribution in [1.82, 2.24) is 19.4 Å². The number of nitrogens with zero attached hydrogens (tertiary/aromatic N) is 5. The number of hydrogen-bond acceptors (Lipinski definition) is 5. The molecule has 6 heteroatoms. The van der Waals surface area contributed by atoms with Crippen molar-refractivity contribution >= 4 is 5.65 Å². The molecule has 0 saturated carbocycles. The largest absolute Gasteiger partial charge is 0.419 e. The molecule has 0 N–H and O–H groups in total. The standard InChI is InChI=1S/C19H13N5O/c1-13-16(14-5-6-17-21-8-9-24(17)12-14)10-15(11-20)19(23-13)25-18-4-2-3-7-22-18/h2-10,12H,1H3. The first-order valence-electron chi connectivity index (χ1n) is 7.68. The van der Waals surface area contributed by atoms with E-state index in [1.165, 1.54) is 0 Å². The van der Waals surface area contributed by atoms with Gasteiger partial charge >= 0.3 is 0 Å². The van der Waals surface area contributed by atoms with Gasteiger partial charge in [0, 0.05) is 47.7 Å². The number of rotatable bonds is 3. The van der Waals surface area contributed by atoms with Crippen LogP contribution in [0.4, 0.5) is 0 Å². The summed E-state index contributed by atoms with van der Waals surface area (Å²) < 4.78 is 7.60. The summed E-state index contributed by atoms with van der Waals surface area (Å²) in [5.41, 5.74) is 3.82. The van der Waals surface area contributed by atoms with Gasteiger partial charge in [-0.2, -0.15) is 5.26 Å². The summed E-state index contributed by atoms with van der Waals surface area (Å²) in [4.78, 5) is 12.8. The van der Waals surface area contributed by atoms with E-state index in [0.29, 0.717) is 11.4 Å². The van der Waals surface area contributed by atoms with Gasteiger partial charge in [-0.3, -0.25) is 0 Å². The molecule has 4 heterocycles. The van der Waals surface area contributed by atoms with E-state index in [0.717, 1.165) is 22.5 Å². The molecule has 0 spiro atoms. The van der Waals surface area contributed by atoms with Crippen LogP contribution in [0.15, 0.2) is 61.2 Å². The zero-order valence-electron chi connectivity index (χ0n) is 13.4. The molecule has 0 atom stereocenters. The third kappa shape index (κ3) is 2.79. The number of fused-ring (bicyclic) bond motifs is 1. The Morgan fingerprint density at radius 3 is 2.84 bits per heavy atom. The van der Waals surface area contributed by atoms with Crippen molar-refractivity contribution in [3.8, 4) is 29.0 Å². The van der Waals surface area contributed by atoms with Crippen molar-refractivity contribution in [2.75, 3.05) is 0 Å². The van der Waals surface area contributed by atoms with Gasteiger partial charge in [-0.25, -0.2) is 15.0 Å². The lowest BCUT2D eigenvalue weighted by atomic mass is 10.0. The van der Waals surface area contributed by atoms with Crippen LogP contribution in [0.2, 0.25) is 0 Å². The van der Waals surface area contributed by atoms with Gasteiger partial charge in [-0.1, -0.05) is 6.07 Å². The van der Waals surface area contributed by atoms with E-state index in [4.69, 9.17) is 4.74 Å². The first-order chi connectivity index (χ1) is 12.2. The van der Waals surface area contributed by atoms with E-state index in [9.17, 15) is 5.26 Å². The molecule has 0 saturated heterocycles. The topological polar surface area (TPSA) is 76.1 Å². The Kier molecular flexibility index (Phi) is 3.60. The van der Waals surface area contributed by atoms with Crippen molar-refractivity contribution in [1.29, 1.82) is 5.26 Å². The van der Waals surface area contributed by atoms with Crippen LogP contribution in [-0.2, 0) is 0 Å². The average Bonchev–Trinajstić information content (AvgIpc) is 3.10. The second kappa shape index (κ2) is 6.06. The van der Waals surface area contributed by atoms with Gasteiger partial charge in [0.05, 0.1) is 0 Å². The second-order valence-corrected chi connectivity index (χ2v) is 5.47. The Hall–Kier alpha value is -3.72. The van der Waals surface area contributed by atoms with E-state index >= 15 is 0 Å². The van der Waals surface area contributed by atoms with Gasteiger partial charge in [0.15, 0.2) is 0 Å². The average molecular weight is 327 g/mol. The van der Waals surface area contributed by atoms with Gasteiger partial charge in [-0.15, -0.1) is 0 Å². The first-order valence-corrected chi connectivity index (χ1v) is 7.68. The highest BCUT2D eigenvalue weighted by atomic mass is 16.5. The van der Waals surface area contributed by atoms with Crippen LogP contribution >= 0.6 is 0 Å². The zero-order valence-corrected chi connectivity index (χ0v) is 13.4. The maximum absolute atomic E-state index is 9.49. The number of pyridine rings is 3. The number of nitriles is 1. The molecule has 120 valence electrons. The fourth-order valence-electron chi connectivity index (χ4n) is 2.62. The lowest BCUT2D eigenvalue weighted by Gasteiger charge is -2.11. The van der Waals surface area contributed by atoms with Crippen molar-refractivity contribution in [3.05, 3.63) is 72.4 Å². The van der Waals surface area contributed by atoms with Gasteiger partial charge in [0.25, 0.3) is 0 Å². The Bertz CT molecular complexity index is 1100. The van der Waals surface area contributed by atoms with Crippen LogP contribution < -0.4 is 4.74 Å². The Labute approximate surface area is 144 Å². The van der Waals surface area contributed by atoms with Crippen LogP contribution in [0.25, 0.3) is 16.8 Å². The van der Waals surface area contributed by atoms with Gasteiger partial charge in [0.1, 0.15) is 17.3 Å². The predicted molar refractivity (Wildman–Crippen MR) is 92.2 cm³/mol. The highest BCUT2D eigenvalue weighted by Crippen LogP contribution is 2.29. The molecule has 0 amide bonds. The minimum absolute atomic E-state index is 0.256. The molecule has 6 nitrogen and oxygen atoms in total. The number of ether oxygens (including phenoxy) is 1. The molecular formula is C19H13N5O. The molecule has 0 aromatic carbocycles. The van der Waals surface area contributed by atoms with E-state index in [1.54, 1.807) is 30.6 Å². The van der Waals surface area contributed by atoms with Crippen molar-refractivity contribution in [2.24, 2.45) is 0 Å². The Balaban J connectivity index is 1.78. The molecule has 0 unspecified atom stereocenters. The van der Waals surface area contributed by atoms with Gasteiger partial charge < -0.3 is 9.14 Å². The van der Waals surface area contributed by atoms with Crippen LogP contribution in [-0.4, -0.2) is 19.4 Å². The molecule has 0 radical (unpaired) electrons. The van der Waals surface area contributed by atoms with Crippen molar-refractivity contribution in [2.45, 2.75) is 6.92 Å². The number of aromatic nitrogens is 4. The maximum Gasteiger partial charge on any atom is 0.239 e. The molecule has 4 rings (SSSR count). The summed E-state index contributed by atoms with van der Waals surface area (Å²) in [5.74, 6) is 0.657.